The zero-order valence-electron chi connectivity index (χ0n) is 11.9. The first kappa shape index (κ1) is 14.7. The number of hydrogen-bond acceptors (Lipinski definition) is 3. The SMILES string of the molecule is COc1cc(Br)c(C)c(CC2CCCCN2)c1OC. The fraction of sp³-hybridized carbons (Fsp3) is 0.600. The number of halogens is 1. The normalized spacial score (nSPS) is 19.3. The van der Waals surface area contributed by atoms with E-state index in [1.165, 1.54) is 30.4 Å². The first-order valence-electron chi connectivity index (χ1n) is 6.80. The molecule has 1 aromatic rings. The van der Waals surface area contributed by atoms with Crippen molar-refractivity contribution in [2.45, 2.75) is 38.6 Å². The summed E-state index contributed by atoms with van der Waals surface area (Å²) < 4.78 is 12.1. The third kappa shape index (κ3) is 3.23. The van der Waals surface area contributed by atoms with Crippen LogP contribution in [0.15, 0.2) is 10.5 Å². The quantitative estimate of drug-likeness (QED) is 0.918. The summed E-state index contributed by atoms with van der Waals surface area (Å²) in [6, 6.07) is 2.52. The Morgan fingerprint density at radius 2 is 2.11 bits per heavy atom. The van der Waals surface area contributed by atoms with Gasteiger partial charge in [0.2, 0.25) is 0 Å². The molecule has 0 amide bonds. The Hall–Kier alpha value is -0.740. The van der Waals surface area contributed by atoms with Crippen molar-refractivity contribution in [2.75, 3.05) is 20.8 Å². The molecule has 1 N–H and O–H groups in total. The fourth-order valence-corrected chi connectivity index (χ4v) is 3.17. The molecule has 1 aromatic carbocycles. The lowest BCUT2D eigenvalue weighted by molar-refractivity contribution is 0.344. The van der Waals surface area contributed by atoms with Gasteiger partial charge in [0.05, 0.1) is 14.2 Å². The summed E-state index contributed by atoms with van der Waals surface area (Å²) in [5.41, 5.74) is 2.48. The molecular weight excluding hydrogens is 306 g/mol. The minimum Gasteiger partial charge on any atom is -0.493 e. The second-order valence-corrected chi connectivity index (χ2v) is 5.90. The Morgan fingerprint density at radius 1 is 1.32 bits per heavy atom. The molecular formula is C15H22BrNO2. The number of ether oxygens (including phenoxy) is 2. The molecule has 1 aliphatic rings. The standard InChI is InChI=1S/C15H22BrNO2/c1-10-12(8-11-6-4-5-7-17-11)15(19-3)14(18-2)9-13(10)16/h9,11,17H,4-8H2,1-3H3. The van der Waals surface area contributed by atoms with Crippen LogP contribution in [0.5, 0.6) is 11.5 Å². The van der Waals surface area contributed by atoms with Crippen LogP contribution in [0.2, 0.25) is 0 Å². The molecule has 0 aromatic heterocycles. The van der Waals surface area contributed by atoms with Crippen LogP contribution < -0.4 is 14.8 Å². The Balaban J connectivity index is 2.33. The highest BCUT2D eigenvalue weighted by molar-refractivity contribution is 9.10. The lowest BCUT2D eigenvalue weighted by Gasteiger charge is -2.26. The molecule has 1 aliphatic heterocycles. The van der Waals surface area contributed by atoms with Crippen molar-refractivity contribution in [1.82, 2.24) is 5.32 Å². The van der Waals surface area contributed by atoms with Gasteiger partial charge < -0.3 is 14.8 Å². The van der Waals surface area contributed by atoms with Crippen molar-refractivity contribution in [2.24, 2.45) is 0 Å². The molecule has 3 nitrogen and oxygen atoms in total. The third-order valence-electron chi connectivity index (χ3n) is 3.85. The summed E-state index contributed by atoms with van der Waals surface area (Å²) in [6.07, 6.45) is 4.82. The van der Waals surface area contributed by atoms with Gasteiger partial charge in [-0.3, -0.25) is 0 Å². The summed E-state index contributed by atoms with van der Waals surface area (Å²) in [6.45, 7) is 3.25. The van der Waals surface area contributed by atoms with E-state index in [-0.39, 0.29) is 0 Å². The average Bonchev–Trinajstić information content (AvgIpc) is 2.44. The average molecular weight is 328 g/mol. The van der Waals surface area contributed by atoms with Gasteiger partial charge in [0.15, 0.2) is 11.5 Å². The molecule has 4 heteroatoms. The number of nitrogens with one attached hydrogen (secondary N) is 1. The van der Waals surface area contributed by atoms with Gasteiger partial charge in [-0.2, -0.15) is 0 Å². The number of rotatable bonds is 4. The maximum absolute atomic E-state index is 5.57. The van der Waals surface area contributed by atoms with E-state index >= 15 is 0 Å². The van der Waals surface area contributed by atoms with Gasteiger partial charge in [0, 0.05) is 16.1 Å². The van der Waals surface area contributed by atoms with Gasteiger partial charge in [-0.25, -0.2) is 0 Å². The van der Waals surface area contributed by atoms with Gasteiger partial charge in [0.25, 0.3) is 0 Å². The van der Waals surface area contributed by atoms with Crippen LogP contribution in [0.3, 0.4) is 0 Å². The molecule has 106 valence electrons. The largest absolute Gasteiger partial charge is 0.493 e. The molecule has 0 radical (unpaired) electrons. The molecule has 19 heavy (non-hydrogen) atoms. The van der Waals surface area contributed by atoms with E-state index in [0.29, 0.717) is 6.04 Å². The molecule has 0 aliphatic carbocycles. The number of piperidine rings is 1. The molecule has 0 spiro atoms. The maximum Gasteiger partial charge on any atom is 0.164 e. The van der Waals surface area contributed by atoms with Crippen molar-refractivity contribution in [3.8, 4) is 11.5 Å². The second-order valence-electron chi connectivity index (χ2n) is 5.05. The van der Waals surface area contributed by atoms with Crippen molar-refractivity contribution >= 4 is 15.9 Å². The number of benzene rings is 1. The first-order chi connectivity index (χ1) is 9.17. The molecule has 1 saturated heterocycles. The second kappa shape index (κ2) is 6.62. The Labute approximate surface area is 123 Å². The van der Waals surface area contributed by atoms with E-state index in [4.69, 9.17) is 9.47 Å². The van der Waals surface area contributed by atoms with Gasteiger partial charge in [-0.05, 0) is 44.4 Å². The topological polar surface area (TPSA) is 30.5 Å². The van der Waals surface area contributed by atoms with E-state index in [1.807, 2.05) is 6.07 Å². The van der Waals surface area contributed by atoms with Crippen molar-refractivity contribution < 1.29 is 9.47 Å². The van der Waals surface area contributed by atoms with Crippen LogP contribution in [0.4, 0.5) is 0 Å². The Bertz CT molecular complexity index is 442. The fourth-order valence-electron chi connectivity index (χ4n) is 2.72. The zero-order valence-corrected chi connectivity index (χ0v) is 13.5. The summed E-state index contributed by atoms with van der Waals surface area (Å²) in [4.78, 5) is 0. The van der Waals surface area contributed by atoms with Crippen molar-refractivity contribution in [3.63, 3.8) is 0 Å². The van der Waals surface area contributed by atoms with E-state index in [1.54, 1.807) is 14.2 Å². The molecule has 1 heterocycles. The highest BCUT2D eigenvalue weighted by Gasteiger charge is 2.20. The smallest absolute Gasteiger partial charge is 0.164 e. The van der Waals surface area contributed by atoms with Crippen LogP contribution in [-0.2, 0) is 6.42 Å². The van der Waals surface area contributed by atoms with Crippen molar-refractivity contribution in [3.05, 3.63) is 21.7 Å². The highest BCUT2D eigenvalue weighted by Crippen LogP contribution is 2.38. The highest BCUT2D eigenvalue weighted by atomic mass is 79.9. The molecule has 0 bridgehead atoms. The van der Waals surface area contributed by atoms with Gasteiger partial charge >= 0.3 is 0 Å². The molecule has 2 rings (SSSR count). The number of hydrogen-bond donors (Lipinski definition) is 1. The van der Waals surface area contributed by atoms with Crippen LogP contribution in [0.1, 0.15) is 30.4 Å². The van der Waals surface area contributed by atoms with Crippen molar-refractivity contribution in [1.29, 1.82) is 0 Å². The summed E-state index contributed by atoms with van der Waals surface area (Å²) in [5.74, 6) is 1.67. The number of methoxy groups -OCH3 is 2. The van der Waals surface area contributed by atoms with Crippen LogP contribution in [0.25, 0.3) is 0 Å². The lowest BCUT2D eigenvalue weighted by Crippen LogP contribution is -2.35. The van der Waals surface area contributed by atoms with Crippen LogP contribution in [0, 0.1) is 6.92 Å². The first-order valence-corrected chi connectivity index (χ1v) is 7.60. The van der Waals surface area contributed by atoms with E-state index in [9.17, 15) is 0 Å². The molecule has 1 fully saturated rings. The zero-order chi connectivity index (χ0) is 13.8. The van der Waals surface area contributed by atoms with Crippen LogP contribution >= 0.6 is 15.9 Å². The molecule has 1 atom stereocenters. The maximum atomic E-state index is 5.57. The van der Waals surface area contributed by atoms with E-state index < -0.39 is 0 Å². The Morgan fingerprint density at radius 3 is 2.68 bits per heavy atom. The minimum atomic E-state index is 0.542. The Kier molecular flexibility index (Phi) is 5.11. The lowest BCUT2D eigenvalue weighted by atomic mass is 9.94. The van der Waals surface area contributed by atoms with Gasteiger partial charge in [0.1, 0.15) is 0 Å². The van der Waals surface area contributed by atoms with Gasteiger partial charge in [-0.15, -0.1) is 0 Å². The molecule has 1 unspecified atom stereocenters. The van der Waals surface area contributed by atoms with Crippen LogP contribution in [-0.4, -0.2) is 26.8 Å². The monoisotopic (exact) mass is 327 g/mol. The summed E-state index contributed by atoms with van der Waals surface area (Å²) >= 11 is 3.61. The summed E-state index contributed by atoms with van der Waals surface area (Å²) in [7, 11) is 3.39. The predicted octanol–water partition coefficient (Wildman–Crippen LogP) is 3.46. The van der Waals surface area contributed by atoms with E-state index in [0.717, 1.165) is 28.9 Å². The van der Waals surface area contributed by atoms with Gasteiger partial charge in [-0.1, -0.05) is 22.4 Å². The third-order valence-corrected chi connectivity index (χ3v) is 4.68. The minimum absolute atomic E-state index is 0.542. The summed E-state index contributed by atoms with van der Waals surface area (Å²) in [5, 5.41) is 3.59. The predicted molar refractivity (Wildman–Crippen MR) is 81.3 cm³/mol. The van der Waals surface area contributed by atoms with E-state index in [2.05, 4.69) is 28.2 Å². The molecule has 0 saturated carbocycles.